The van der Waals surface area contributed by atoms with Crippen LogP contribution in [-0.4, -0.2) is 27.8 Å². The molecule has 1 heterocycles. The molecule has 0 radical (unpaired) electrons. The van der Waals surface area contributed by atoms with Gasteiger partial charge in [0.05, 0.1) is 21.7 Å². The second-order valence-electron chi connectivity index (χ2n) is 5.02. The number of para-hydroxylation sites is 1. The van der Waals surface area contributed by atoms with Gasteiger partial charge in [-0.05, 0) is 18.4 Å². The Morgan fingerprint density at radius 2 is 1.84 bits per heavy atom. The molecule has 9 heteroatoms. The number of rotatable bonds is 3. The van der Waals surface area contributed by atoms with Crippen molar-refractivity contribution < 1.29 is 22.8 Å². The van der Waals surface area contributed by atoms with Crippen molar-refractivity contribution >= 4 is 29.0 Å². The Labute approximate surface area is 144 Å². The number of anilines is 1. The minimum atomic E-state index is -4.60. The van der Waals surface area contributed by atoms with Gasteiger partial charge in [-0.1, -0.05) is 12.1 Å². The Balaban J connectivity index is 2.11. The summed E-state index contributed by atoms with van der Waals surface area (Å²) in [5.74, 6) is -1.16. The van der Waals surface area contributed by atoms with Crippen molar-refractivity contribution in [2.75, 3.05) is 11.6 Å². The summed E-state index contributed by atoms with van der Waals surface area (Å²) in [7, 11) is 0. The minimum Gasteiger partial charge on any atom is -0.351 e. The molecule has 0 fully saturated rings. The second kappa shape index (κ2) is 6.32. The molecular weight excluding hydrogens is 355 g/mol. The summed E-state index contributed by atoms with van der Waals surface area (Å²) in [5.41, 5.74) is -1.55. The van der Waals surface area contributed by atoms with E-state index in [0.29, 0.717) is 0 Å². The van der Waals surface area contributed by atoms with Crippen LogP contribution in [0.2, 0.25) is 0 Å². The Morgan fingerprint density at radius 3 is 2.52 bits per heavy atom. The molecule has 2 aromatic rings. The molecule has 1 aromatic carbocycles. The van der Waals surface area contributed by atoms with Gasteiger partial charge in [-0.2, -0.15) is 13.2 Å². The van der Waals surface area contributed by atoms with Gasteiger partial charge in [-0.3, -0.25) is 9.59 Å². The van der Waals surface area contributed by atoms with Crippen LogP contribution in [0.25, 0.3) is 0 Å². The van der Waals surface area contributed by atoms with Gasteiger partial charge in [0.2, 0.25) is 11.6 Å². The van der Waals surface area contributed by atoms with E-state index < -0.39 is 23.3 Å². The maximum atomic E-state index is 13.2. The number of hydrogen-bond donors (Lipinski definition) is 1. The zero-order chi connectivity index (χ0) is 18.2. The van der Waals surface area contributed by atoms with Gasteiger partial charge in [-0.15, -0.1) is 11.8 Å². The average Bonchev–Trinajstić information content (AvgIpc) is 2.59. The van der Waals surface area contributed by atoms with Crippen LogP contribution in [0.15, 0.2) is 47.4 Å². The Bertz CT molecular complexity index is 909. The lowest BCUT2D eigenvalue weighted by atomic mass is 9.97. The molecule has 0 unspecified atom stereocenters. The Hall–Kier alpha value is -2.68. The molecule has 128 valence electrons. The summed E-state index contributed by atoms with van der Waals surface area (Å²) < 4.78 is 39.5. The van der Waals surface area contributed by atoms with Crippen molar-refractivity contribution in [2.24, 2.45) is 0 Å². The van der Waals surface area contributed by atoms with Crippen LogP contribution in [0.1, 0.15) is 26.4 Å². The maximum absolute atomic E-state index is 13.2. The minimum absolute atomic E-state index is 0.00757. The van der Waals surface area contributed by atoms with Gasteiger partial charge in [0.15, 0.2) is 0 Å². The molecule has 1 aliphatic carbocycles. The van der Waals surface area contributed by atoms with Gasteiger partial charge in [0.1, 0.15) is 17.7 Å². The summed E-state index contributed by atoms with van der Waals surface area (Å²) in [5, 5.41) is 2.49. The molecule has 1 aromatic heterocycles. The lowest BCUT2D eigenvalue weighted by Gasteiger charge is -2.21. The largest absolute Gasteiger partial charge is 0.418 e. The number of carbonyl (C=O) groups is 2. The van der Waals surface area contributed by atoms with Crippen molar-refractivity contribution in [1.82, 2.24) is 9.97 Å². The summed E-state index contributed by atoms with van der Waals surface area (Å²) >= 11 is 0.967. The first kappa shape index (κ1) is 17.2. The van der Waals surface area contributed by atoms with Crippen LogP contribution >= 0.6 is 11.8 Å². The quantitative estimate of drug-likeness (QED) is 0.897. The molecule has 3 rings (SSSR count). The number of aromatic nitrogens is 2. The van der Waals surface area contributed by atoms with Gasteiger partial charge in [0.25, 0.3) is 0 Å². The first-order chi connectivity index (χ1) is 11.8. The fourth-order valence-electron chi connectivity index (χ4n) is 2.42. The monoisotopic (exact) mass is 365 g/mol. The standard InChI is InChI=1S/C16H10F3N3O2S/c1-25-15-12(13(23)8-6-20-7-21-11(8)14(15)24)22-10-5-3-2-4-9(10)16(17,18)19/h2-7,22H,1H3. The zero-order valence-corrected chi connectivity index (χ0v) is 13.5. The number of alkyl halides is 3. The summed E-state index contributed by atoms with van der Waals surface area (Å²) in [6.07, 6.45) is -0.729. The molecule has 1 aliphatic rings. The van der Waals surface area contributed by atoms with Gasteiger partial charge in [-0.25, -0.2) is 9.97 Å². The van der Waals surface area contributed by atoms with E-state index in [1.165, 1.54) is 24.4 Å². The zero-order valence-electron chi connectivity index (χ0n) is 12.7. The highest BCUT2D eigenvalue weighted by Crippen LogP contribution is 2.37. The van der Waals surface area contributed by atoms with Crippen LogP contribution < -0.4 is 5.32 Å². The Morgan fingerprint density at radius 1 is 1.12 bits per heavy atom. The van der Waals surface area contributed by atoms with Gasteiger partial charge >= 0.3 is 6.18 Å². The lowest BCUT2D eigenvalue weighted by molar-refractivity contribution is -0.136. The fourth-order valence-corrected chi connectivity index (χ4v) is 3.05. The van der Waals surface area contributed by atoms with E-state index in [0.717, 1.165) is 24.2 Å². The third kappa shape index (κ3) is 3.02. The summed E-state index contributed by atoms with van der Waals surface area (Å²) in [4.78, 5) is 32.7. The highest BCUT2D eigenvalue weighted by molar-refractivity contribution is 8.03. The number of ketones is 2. The third-order valence-corrected chi connectivity index (χ3v) is 4.33. The number of hydrogen-bond acceptors (Lipinski definition) is 6. The van der Waals surface area contributed by atoms with Crippen molar-refractivity contribution in [3.63, 3.8) is 0 Å². The van der Waals surface area contributed by atoms with Crippen LogP contribution in [0.4, 0.5) is 18.9 Å². The first-order valence-electron chi connectivity index (χ1n) is 6.95. The number of nitrogens with zero attached hydrogens (tertiary/aromatic N) is 2. The van der Waals surface area contributed by atoms with Crippen molar-refractivity contribution in [2.45, 2.75) is 6.18 Å². The van der Waals surface area contributed by atoms with Crippen molar-refractivity contribution in [3.8, 4) is 0 Å². The number of nitrogens with one attached hydrogen (secondary N) is 1. The van der Waals surface area contributed by atoms with Crippen LogP contribution in [-0.2, 0) is 6.18 Å². The number of halogens is 3. The highest BCUT2D eigenvalue weighted by atomic mass is 32.2. The molecule has 0 spiro atoms. The summed E-state index contributed by atoms with van der Waals surface area (Å²) in [6, 6.07) is 4.74. The van der Waals surface area contributed by atoms with E-state index in [1.807, 2.05) is 0 Å². The van der Waals surface area contributed by atoms with E-state index in [1.54, 1.807) is 6.26 Å². The SMILES string of the molecule is CSC1=C(Nc2ccccc2C(F)(F)F)C(=O)c2cncnc2C1=O. The smallest absolute Gasteiger partial charge is 0.351 e. The molecule has 25 heavy (non-hydrogen) atoms. The van der Waals surface area contributed by atoms with E-state index >= 15 is 0 Å². The molecule has 0 bridgehead atoms. The molecule has 0 atom stereocenters. The normalized spacial score (nSPS) is 14.6. The number of thioether (sulfide) groups is 1. The molecule has 5 nitrogen and oxygen atoms in total. The Kier molecular flexibility index (Phi) is 4.34. The van der Waals surface area contributed by atoms with E-state index in [9.17, 15) is 22.8 Å². The third-order valence-electron chi connectivity index (χ3n) is 3.53. The van der Waals surface area contributed by atoms with E-state index in [4.69, 9.17) is 0 Å². The van der Waals surface area contributed by atoms with E-state index in [2.05, 4.69) is 15.3 Å². The average molecular weight is 365 g/mol. The number of benzene rings is 1. The molecular formula is C16H10F3N3O2S. The number of allylic oxidation sites excluding steroid dienone is 2. The van der Waals surface area contributed by atoms with Gasteiger partial charge < -0.3 is 5.32 Å². The van der Waals surface area contributed by atoms with Crippen molar-refractivity contribution in [1.29, 1.82) is 0 Å². The van der Waals surface area contributed by atoms with Crippen LogP contribution in [0, 0.1) is 0 Å². The van der Waals surface area contributed by atoms with Gasteiger partial charge in [0, 0.05) is 6.20 Å². The van der Waals surface area contributed by atoms with Crippen molar-refractivity contribution in [3.05, 3.63) is 64.2 Å². The number of carbonyl (C=O) groups excluding carboxylic acids is 2. The molecule has 0 saturated heterocycles. The molecule has 0 aliphatic heterocycles. The predicted octanol–water partition coefficient (Wildman–Crippen LogP) is 3.56. The highest BCUT2D eigenvalue weighted by Gasteiger charge is 2.37. The second-order valence-corrected chi connectivity index (χ2v) is 5.84. The lowest BCUT2D eigenvalue weighted by Crippen LogP contribution is -2.27. The van der Waals surface area contributed by atoms with E-state index in [-0.39, 0.29) is 27.5 Å². The molecule has 0 saturated carbocycles. The number of fused-ring (bicyclic) bond motifs is 1. The summed E-state index contributed by atoms with van der Waals surface area (Å²) in [6.45, 7) is 0. The first-order valence-corrected chi connectivity index (χ1v) is 8.18. The maximum Gasteiger partial charge on any atom is 0.418 e. The fraction of sp³-hybridized carbons (Fsp3) is 0.125. The van der Waals surface area contributed by atoms with Crippen LogP contribution in [0.5, 0.6) is 0 Å². The number of Topliss-reactive ketones (excluding diaryl/α,β-unsaturated/α-hetero) is 2. The topological polar surface area (TPSA) is 72.0 Å². The predicted molar refractivity (Wildman–Crippen MR) is 86.3 cm³/mol. The van der Waals surface area contributed by atoms with Crippen LogP contribution in [0.3, 0.4) is 0 Å². The molecule has 1 N–H and O–H groups in total. The molecule has 0 amide bonds.